The molecule has 1 aromatic carbocycles. The van der Waals surface area contributed by atoms with Crippen LogP contribution in [0.5, 0.6) is 5.75 Å². The Labute approximate surface area is 136 Å². The number of hydrogen-bond acceptors (Lipinski definition) is 5. The largest absolute Gasteiger partial charge is 0.497 e. The average molecular weight is 317 g/mol. The second-order valence-corrected chi connectivity index (χ2v) is 5.54. The summed E-state index contributed by atoms with van der Waals surface area (Å²) in [4.78, 5) is 18.2. The van der Waals surface area contributed by atoms with Crippen LogP contribution < -0.4 is 4.74 Å². The van der Waals surface area contributed by atoms with Crippen LogP contribution >= 0.6 is 0 Å². The highest BCUT2D eigenvalue weighted by Crippen LogP contribution is 2.22. The van der Waals surface area contributed by atoms with E-state index in [1.54, 1.807) is 18.9 Å². The number of carbonyl (C=O) groups excluding carboxylic acids is 1. The molecule has 1 amide bonds. The molecule has 1 atom stereocenters. The molecule has 0 spiro atoms. The maximum atomic E-state index is 12.3. The van der Waals surface area contributed by atoms with Crippen LogP contribution in [0.4, 0.5) is 0 Å². The molecule has 0 saturated carbocycles. The van der Waals surface area contributed by atoms with Crippen LogP contribution in [-0.4, -0.2) is 35.1 Å². The lowest BCUT2D eigenvalue weighted by atomic mass is 10.1. The zero-order chi connectivity index (χ0) is 16.8. The highest BCUT2D eigenvalue weighted by Gasteiger charge is 2.17. The molecule has 0 unspecified atom stereocenters. The van der Waals surface area contributed by atoms with Crippen LogP contribution in [0.15, 0.2) is 28.8 Å². The van der Waals surface area contributed by atoms with Gasteiger partial charge >= 0.3 is 0 Å². The van der Waals surface area contributed by atoms with Gasteiger partial charge in [0.2, 0.25) is 11.8 Å². The maximum absolute atomic E-state index is 12.3. The molecule has 1 aromatic heterocycles. The van der Waals surface area contributed by atoms with Crippen molar-refractivity contribution in [3.63, 3.8) is 0 Å². The lowest BCUT2D eigenvalue weighted by molar-refractivity contribution is -0.131. The highest BCUT2D eigenvalue weighted by atomic mass is 16.5. The summed E-state index contributed by atoms with van der Waals surface area (Å²) in [6, 6.07) is 7.78. The van der Waals surface area contributed by atoms with Gasteiger partial charge < -0.3 is 14.2 Å². The van der Waals surface area contributed by atoms with Gasteiger partial charge in [-0.3, -0.25) is 4.79 Å². The first kappa shape index (κ1) is 17.0. The second kappa shape index (κ2) is 7.76. The van der Waals surface area contributed by atoms with Gasteiger partial charge in [-0.15, -0.1) is 0 Å². The smallest absolute Gasteiger partial charge is 0.226 e. The predicted molar refractivity (Wildman–Crippen MR) is 86.2 cm³/mol. The number of benzene rings is 1. The molecule has 124 valence electrons. The van der Waals surface area contributed by atoms with Crippen LogP contribution in [0.1, 0.15) is 43.1 Å². The molecule has 0 bridgehead atoms. The number of hydrogen-bond donors (Lipinski definition) is 0. The van der Waals surface area contributed by atoms with Gasteiger partial charge in [0, 0.05) is 19.9 Å². The third-order valence-corrected chi connectivity index (χ3v) is 3.92. The Balaban J connectivity index is 1.85. The summed E-state index contributed by atoms with van der Waals surface area (Å²) in [6.45, 7) is 3.80. The first-order chi connectivity index (χ1) is 11.0. The molecule has 0 fully saturated rings. The number of aryl methyl sites for hydroxylation is 2. The van der Waals surface area contributed by atoms with Crippen molar-refractivity contribution in [2.45, 2.75) is 39.2 Å². The summed E-state index contributed by atoms with van der Waals surface area (Å²) in [5.41, 5.74) is 1.08. The zero-order valence-electron chi connectivity index (χ0n) is 14.1. The van der Waals surface area contributed by atoms with Crippen LogP contribution in [0.3, 0.4) is 0 Å². The number of rotatable bonds is 7. The van der Waals surface area contributed by atoms with Crippen LogP contribution in [0, 0.1) is 6.92 Å². The number of ether oxygens (including phenoxy) is 1. The maximum Gasteiger partial charge on any atom is 0.226 e. The summed E-state index contributed by atoms with van der Waals surface area (Å²) >= 11 is 0. The molecule has 0 radical (unpaired) electrons. The third kappa shape index (κ3) is 4.55. The Bertz CT molecular complexity index is 637. The van der Waals surface area contributed by atoms with Crippen molar-refractivity contribution in [3.8, 4) is 5.75 Å². The molecule has 2 rings (SSSR count). The van der Waals surface area contributed by atoms with Crippen LogP contribution in [0.2, 0.25) is 0 Å². The Morgan fingerprint density at radius 2 is 2.04 bits per heavy atom. The first-order valence-corrected chi connectivity index (χ1v) is 7.70. The number of nitrogens with zero attached hydrogens (tertiary/aromatic N) is 3. The predicted octanol–water partition coefficient (Wildman–Crippen LogP) is 2.93. The van der Waals surface area contributed by atoms with E-state index in [-0.39, 0.29) is 11.9 Å². The van der Waals surface area contributed by atoms with Gasteiger partial charge in [0.25, 0.3) is 0 Å². The van der Waals surface area contributed by atoms with Crippen molar-refractivity contribution in [1.29, 1.82) is 0 Å². The molecule has 0 saturated heterocycles. The third-order valence-electron chi connectivity index (χ3n) is 3.92. The second-order valence-electron chi connectivity index (χ2n) is 5.54. The van der Waals surface area contributed by atoms with E-state index in [2.05, 4.69) is 10.1 Å². The van der Waals surface area contributed by atoms with Gasteiger partial charge in [-0.1, -0.05) is 17.3 Å². The normalized spacial score (nSPS) is 12.0. The molecule has 1 heterocycles. The van der Waals surface area contributed by atoms with Gasteiger partial charge in [-0.2, -0.15) is 4.98 Å². The number of aromatic nitrogens is 2. The van der Waals surface area contributed by atoms with E-state index < -0.39 is 0 Å². The minimum atomic E-state index is 0.0130. The topological polar surface area (TPSA) is 68.5 Å². The first-order valence-electron chi connectivity index (χ1n) is 7.70. The Hall–Kier alpha value is -2.37. The Kier molecular flexibility index (Phi) is 5.73. The van der Waals surface area contributed by atoms with E-state index in [1.165, 1.54) is 0 Å². The van der Waals surface area contributed by atoms with Crippen molar-refractivity contribution >= 4 is 5.91 Å². The van der Waals surface area contributed by atoms with Gasteiger partial charge in [0.15, 0.2) is 5.82 Å². The van der Waals surface area contributed by atoms with Crippen molar-refractivity contribution in [3.05, 3.63) is 41.5 Å². The minimum Gasteiger partial charge on any atom is -0.497 e. The Morgan fingerprint density at radius 1 is 1.35 bits per heavy atom. The summed E-state index contributed by atoms with van der Waals surface area (Å²) in [5.74, 6) is 2.12. The number of amides is 1. The summed E-state index contributed by atoms with van der Waals surface area (Å²) in [7, 11) is 3.47. The summed E-state index contributed by atoms with van der Waals surface area (Å²) in [5, 5.41) is 3.74. The summed E-state index contributed by atoms with van der Waals surface area (Å²) < 4.78 is 10.2. The van der Waals surface area contributed by atoms with E-state index in [0.717, 1.165) is 11.3 Å². The summed E-state index contributed by atoms with van der Waals surface area (Å²) in [6.07, 6.45) is 1.77. The van der Waals surface area contributed by atoms with E-state index in [0.29, 0.717) is 31.0 Å². The molecule has 0 N–H and O–H groups in total. The fraction of sp³-hybridized carbons (Fsp3) is 0.471. The molecule has 6 nitrogen and oxygen atoms in total. The van der Waals surface area contributed by atoms with Crippen LogP contribution in [-0.2, 0) is 11.2 Å². The molecule has 2 aromatic rings. The van der Waals surface area contributed by atoms with Crippen molar-refractivity contribution in [1.82, 2.24) is 15.0 Å². The SMILES string of the molecule is COc1ccc([C@H](C)N(C)C(=O)CCCc2nc(C)no2)cc1. The van der Waals surface area contributed by atoms with E-state index in [1.807, 2.05) is 38.2 Å². The van der Waals surface area contributed by atoms with Gasteiger partial charge in [0.1, 0.15) is 5.75 Å². The van der Waals surface area contributed by atoms with Crippen molar-refractivity contribution < 1.29 is 14.1 Å². The average Bonchev–Trinajstić information content (AvgIpc) is 2.98. The van der Waals surface area contributed by atoms with Gasteiger partial charge in [0.05, 0.1) is 13.2 Å². The van der Waals surface area contributed by atoms with Gasteiger partial charge in [-0.05, 0) is 38.0 Å². The fourth-order valence-electron chi connectivity index (χ4n) is 2.33. The molecule has 0 aliphatic heterocycles. The lowest BCUT2D eigenvalue weighted by Gasteiger charge is -2.25. The lowest BCUT2D eigenvalue weighted by Crippen LogP contribution is -2.29. The quantitative estimate of drug-likeness (QED) is 0.785. The number of methoxy groups -OCH3 is 1. The zero-order valence-corrected chi connectivity index (χ0v) is 14.1. The van der Waals surface area contributed by atoms with E-state index >= 15 is 0 Å². The molecule has 0 aliphatic carbocycles. The highest BCUT2D eigenvalue weighted by molar-refractivity contribution is 5.76. The van der Waals surface area contributed by atoms with E-state index in [4.69, 9.17) is 9.26 Å². The Morgan fingerprint density at radius 3 is 2.61 bits per heavy atom. The van der Waals surface area contributed by atoms with Crippen LogP contribution in [0.25, 0.3) is 0 Å². The number of carbonyl (C=O) groups is 1. The molecule has 6 heteroatoms. The molecular formula is C17H23N3O3. The standard InChI is InChI=1S/C17H23N3O3/c1-12(14-8-10-15(22-4)11-9-14)20(3)17(21)7-5-6-16-18-13(2)19-23-16/h8-12H,5-7H2,1-4H3/t12-/m0/s1. The van der Waals surface area contributed by atoms with Crippen molar-refractivity contribution in [2.24, 2.45) is 0 Å². The fourth-order valence-corrected chi connectivity index (χ4v) is 2.33. The van der Waals surface area contributed by atoms with Gasteiger partial charge in [-0.25, -0.2) is 0 Å². The molecular weight excluding hydrogens is 294 g/mol. The van der Waals surface area contributed by atoms with E-state index in [9.17, 15) is 4.79 Å². The molecule has 0 aliphatic rings. The minimum absolute atomic E-state index is 0.0130. The monoisotopic (exact) mass is 317 g/mol. The van der Waals surface area contributed by atoms with Crippen molar-refractivity contribution in [2.75, 3.05) is 14.2 Å². The molecule has 23 heavy (non-hydrogen) atoms.